The van der Waals surface area contributed by atoms with Gasteiger partial charge in [0.05, 0.1) is 44.6 Å². The van der Waals surface area contributed by atoms with Gasteiger partial charge in [-0.25, -0.2) is 4.90 Å². The number of carbonyl (C=O) groups is 7. The SMILES string of the molecule is C[C@@H](c1ccccc1)[C@@H]1NC(=O)CNC(=O)[C@H](CO)NC(=O)[C@@H]([C@@H](O)[C@@H]2CNC(N)N2[C@H]2O[C@H](COC(=O)C(c3ccccc3)c3ccccc3)[C@@H](O)[C@H](O)[C@@H]2O)NC(=O)[C@H]([C@@H](O)[C@@H]2CNC(N)N2)NC(=O)[C@@H](Cc2ccc(O[C@H]3O[C@H](CO)[C@@H](O[C@H]4O[C@H](CO)[C@@H](O)[C@H](O)[C@@H]4O)[C@H](O)[C@@H]3O)cc2)NC1=O. The van der Waals surface area contributed by atoms with Crippen LogP contribution in [0.15, 0.2) is 115 Å². The van der Waals surface area contributed by atoms with Gasteiger partial charge in [0, 0.05) is 25.4 Å². The molecule has 0 radical (unpaired) electrons. The molecule has 4 aromatic rings. The third-order valence-electron chi connectivity index (χ3n) is 19.6. The Balaban J connectivity index is 0.936. The molecule has 26 N–H and O–H groups in total. The van der Waals surface area contributed by atoms with Crippen molar-refractivity contribution in [3.8, 4) is 5.75 Å². The third-order valence-corrected chi connectivity index (χ3v) is 19.6. The van der Waals surface area contributed by atoms with Crippen molar-refractivity contribution in [1.29, 1.82) is 0 Å². The average molecular weight is 1490 g/mol. The van der Waals surface area contributed by atoms with E-state index in [0.29, 0.717) is 16.7 Å². The summed E-state index contributed by atoms with van der Waals surface area (Å²) in [5.74, 6) is -10.1. The Morgan fingerprint density at radius 3 is 1.70 bits per heavy atom. The normalized spacial score (nSPS) is 35.6. The van der Waals surface area contributed by atoms with Crippen molar-refractivity contribution in [2.75, 3.05) is 46.1 Å². The minimum Gasteiger partial charge on any atom is -0.462 e. The molecule has 6 heterocycles. The summed E-state index contributed by atoms with van der Waals surface area (Å²) in [5.41, 5.74) is 14.5. The van der Waals surface area contributed by atoms with Crippen molar-refractivity contribution in [2.45, 2.75) is 184 Å². The van der Waals surface area contributed by atoms with E-state index < -0.39 is 258 Å². The van der Waals surface area contributed by atoms with Crippen molar-refractivity contribution >= 4 is 41.4 Å². The van der Waals surface area contributed by atoms with Gasteiger partial charge in [0.2, 0.25) is 41.7 Å². The maximum Gasteiger partial charge on any atom is 0.318 e. The average Bonchev–Trinajstić information content (AvgIpc) is 1.52. The van der Waals surface area contributed by atoms with E-state index in [1.54, 1.807) is 97.9 Å². The summed E-state index contributed by atoms with van der Waals surface area (Å²) in [5, 5.41) is 167. The van der Waals surface area contributed by atoms with E-state index in [2.05, 4.69) is 47.9 Å². The molecule has 38 nitrogen and oxygen atoms in total. The molecule has 0 aromatic heterocycles. The number of carbonyl (C=O) groups excluding carboxylic acids is 7. The Labute approximate surface area is 605 Å². The highest BCUT2D eigenvalue weighted by Crippen LogP contribution is 2.34. The molecule has 106 heavy (non-hydrogen) atoms. The zero-order valence-corrected chi connectivity index (χ0v) is 57.0. The van der Waals surface area contributed by atoms with Crippen molar-refractivity contribution in [3.05, 3.63) is 138 Å². The van der Waals surface area contributed by atoms with Gasteiger partial charge in [-0.05, 0) is 34.4 Å². The molecular weight excluding hydrogens is 1400 g/mol. The first-order chi connectivity index (χ1) is 50.7. The van der Waals surface area contributed by atoms with Gasteiger partial charge in [0.25, 0.3) is 0 Å². The summed E-state index contributed by atoms with van der Waals surface area (Å²) in [6, 6.07) is 18.1. The lowest BCUT2D eigenvalue weighted by atomic mass is 9.91. The van der Waals surface area contributed by atoms with Crippen LogP contribution in [0, 0.1) is 0 Å². The predicted molar refractivity (Wildman–Crippen MR) is 361 cm³/mol. The smallest absolute Gasteiger partial charge is 0.318 e. The summed E-state index contributed by atoms with van der Waals surface area (Å²) < 4.78 is 34.7. The first-order valence-electron chi connectivity index (χ1n) is 34.3. The van der Waals surface area contributed by atoms with Crippen LogP contribution in [0.3, 0.4) is 0 Å². The Morgan fingerprint density at radius 1 is 0.547 bits per heavy atom. The van der Waals surface area contributed by atoms with Crippen LogP contribution in [0.25, 0.3) is 0 Å². The maximum absolute atomic E-state index is 15.4. The minimum absolute atomic E-state index is 0.0760. The van der Waals surface area contributed by atoms with Gasteiger partial charge in [-0.15, -0.1) is 0 Å². The lowest BCUT2D eigenvalue weighted by Gasteiger charge is -2.47. The number of ether oxygens (including phenoxy) is 6. The highest BCUT2D eigenvalue weighted by molar-refractivity contribution is 5.98. The standard InChI is InChI=1S/C68H92N12O26/c1-29(31-11-5-2-6-12-31)44-60(97)74-35(21-30-17-19-34(20-18-30)102-65-56(94)53(91)57(40(27-83)105-65)106-66-55(93)52(90)49(87)39(26-82)104-66)59(96)78-45(47(85)36-22-72-67(69)76-36)62(99)79-46(61(98)75-37(25-81)58(95)71-24-42(84)77-44)48(86)38-23-73-68(70)80(38)63-54(92)51(89)50(88)41(103-63)28-101-64(100)43(32-13-7-3-8-14-32)33-15-9-4-10-16-33/h2-20,29,35-41,43-57,63,65-68,72-73,76,81-83,85-94H,21-28,69-70H2,1H3,(H,71,95)(H,74,97)(H,75,98)(H,77,84)(H,78,96)(H,79,99)/t29-,35+,36-,37-,38-,39+,40+,41+,44-,45-,46+,47-,48-,49+,50+,51-,52-,53+,54-,55-,56-,57+,63-,65-,66+,67?,68?/m0/s1. The molecule has 0 aliphatic carbocycles. The van der Waals surface area contributed by atoms with E-state index in [4.69, 9.17) is 39.9 Å². The van der Waals surface area contributed by atoms with E-state index in [-0.39, 0.29) is 17.9 Å². The van der Waals surface area contributed by atoms with Gasteiger partial charge in [-0.1, -0.05) is 110 Å². The Kier molecular flexibility index (Phi) is 27.6. The lowest BCUT2D eigenvalue weighted by Crippen LogP contribution is -2.70. The van der Waals surface area contributed by atoms with Gasteiger partial charge in [-0.2, -0.15) is 0 Å². The number of nitrogens with two attached hydrogens (primary N) is 2. The van der Waals surface area contributed by atoms with Crippen LogP contribution in [0.2, 0.25) is 0 Å². The maximum atomic E-state index is 15.4. The molecule has 4 aromatic carbocycles. The number of aliphatic hydroxyl groups excluding tert-OH is 13. The largest absolute Gasteiger partial charge is 0.462 e. The second kappa shape index (κ2) is 36.3. The number of benzene rings is 4. The molecular formula is C68H92N12O26. The first-order valence-corrected chi connectivity index (χ1v) is 34.3. The summed E-state index contributed by atoms with van der Waals surface area (Å²) >= 11 is 0. The van der Waals surface area contributed by atoms with Crippen LogP contribution in [-0.4, -0.2) is 318 Å². The van der Waals surface area contributed by atoms with Crippen LogP contribution in [0.4, 0.5) is 0 Å². The Bertz CT molecular complexity index is 3550. The Morgan fingerprint density at radius 2 is 1.09 bits per heavy atom. The highest BCUT2D eigenvalue weighted by atomic mass is 16.7. The molecule has 0 saturated carbocycles. The van der Waals surface area contributed by atoms with Gasteiger partial charge in [0.1, 0.15) is 147 Å². The molecule has 10 rings (SSSR count). The molecule has 6 aliphatic heterocycles. The molecule has 580 valence electrons. The van der Waals surface area contributed by atoms with Gasteiger partial charge >= 0.3 is 5.97 Å². The summed E-state index contributed by atoms with van der Waals surface area (Å²) in [6.07, 6.45) is -34.5. The third kappa shape index (κ3) is 18.6. The molecule has 27 atom stereocenters. The molecule has 6 aliphatic rings. The van der Waals surface area contributed by atoms with Crippen LogP contribution < -0.4 is 64.1 Å². The number of amides is 6. The number of nitrogens with one attached hydrogen (secondary N) is 9. The lowest BCUT2D eigenvalue weighted by molar-refractivity contribution is -0.352. The van der Waals surface area contributed by atoms with Crippen molar-refractivity contribution in [2.24, 2.45) is 11.5 Å². The fourth-order valence-corrected chi connectivity index (χ4v) is 13.5. The quantitative estimate of drug-likeness (QED) is 0.0345. The van der Waals surface area contributed by atoms with E-state index in [0.717, 1.165) is 4.90 Å². The highest BCUT2D eigenvalue weighted by Gasteiger charge is 2.55. The first kappa shape index (κ1) is 80.6. The topological polar surface area (TPSA) is 601 Å². The molecule has 6 amide bonds. The number of hydrogen-bond donors (Lipinski definition) is 24. The second-order valence-electron chi connectivity index (χ2n) is 26.6. The van der Waals surface area contributed by atoms with Crippen molar-refractivity contribution < 1.29 is 128 Å². The molecule has 38 heteroatoms. The van der Waals surface area contributed by atoms with Crippen LogP contribution in [0.1, 0.15) is 41.0 Å². The molecule has 0 spiro atoms. The molecule has 2 unspecified atom stereocenters. The van der Waals surface area contributed by atoms with Gasteiger partial charge < -0.3 is 138 Å². The van der Waals surface area contributed by atoms with Gasteiger partial charge in [0.15, 0.2) is 6.29 Å². The number of esters is 1. The summed E-state index contributed by atoms with van der Waals surface area (Å²) in [4.78, 5) is 104. The van der Waals surface area contributed by atoms with Crippen LogP contribution in [0.5, 0.6) is 5.75 Å². The number of rotatable bonds is 21. The molecule has 6 saturated heterocycles. The fourth-order valence-electron chi connectivity index (χ4n) is 13.5. The van der Waals surface area contributed by atoms with Crippen molar-refractivity contribution in [1.82, 2.24) is 52.8 Å². The van der Waals surface area contributed by atoms with E-state index >= 15 is 9.59 Å². The number of nitrogens with zero attached hydrogens (tertiary/aromatic N) is 1. The van der Waals surface area contributed by atoms with E-state index in [1.165, 1.54) is 24.3 Å². The number of aliphatic hydroxyl groups is 13. The summed E-state index contributed by atoms with van der Waals surface area (Å²) in [6.45, 7) is -3.56. The monoisotopic (exact) mass is 1490 g/mol. The molecule has 0 bridgehead atoms. The molecule has 6 fully saturated rings. The van der Waals surface area contributed by atoms with Crippen LogP contribution >= 0.6 is 0 Å². The fraction of sp³-hybridized carbons (Fsp3) is 0.544. The minimum atomic E-state index is -2.36. The zero-order valence-electron chi connectivity index (χ0n) is 57.0. The van der Waals surface area contributed by atoms with Gasteiger partial charge in [-0.3, -0.25) is 49.5 Å². The zero-order chi connectivity index (χ0) is 76.4. The van der Waals surface area contributed by atoms with E-state index in [1.807, 2.05) is 0 Å². The summed E-state index contributed by atoms with van der Waals surface area (Å²) in [7, 11) is 0. The van der Waals surface area contributed by atoms with E-state index in [9.17, 15) is 90.4 Å². The second-order valence-corrected chi connectivity index (χ2v) is 26.6. The number of hydrogen-bond acceptors (Lipinski definition) is 32. The predicted octanol–water partition coefficient (Wildman–Crippen LogP) is -11.2. The Hall–Kier alpha value is -7.95. The van der Waals surface area contributed by atoms with Crippen molar-refractivity contribution in [3.63, 3.8) is 0 Å². The van der Waals surface area contributed by atoms with Crippen LogP contribution in [-0.2, 0) is 63.7 Å².